The van der Waals surface area contributed by atoms with Crippen LogP contribution in [0.3, 0.4) is 0 Å². The van der Waals surface area contributed by atoms with Crippen LogP contribution in [0.25, 0.3) is 0 Å². The van der Waals surface area contributed by atoms with Crippen LogP contribution in [-0.4, -0.2) is 11.9 Å². The van der Waals surface area contributed by atoms with E-state index < -0.39 is 23.7 Å². The smallest absolute Gasteiger partial charge is 0.237 e. The molecular weight excluding hydrogens is 262 g/mol. The molecule has 0 aromatic heterocycles. The Labute approximate surface area is 118 Å². The zero-order valence-corrected chi connectivity index (χ0v) is 12.1. The van der Waals surface area contributed by atoms with Crippen LogP contribution in [0, 0.1) is 17.6 Å². The Morgan fingerprint density at radius 1 is 1.30 bits per heavy atom. The summed E-state index contributed by atoms with van der Waals surface area (Å²) in [6.45, 7) is 5.67. The number of nitrogens with one attached hydrogen (secondary N) is 1. The van der Waals surface area contributed by atoms with Gasteiger partial charge in [-0.3, -0.25) is 4.79 Å². The summed E-state index contributed by atoms with van der Waals surface area (Å²) in [7, 11) is 0. The second-order valence-corrected chi connectivity index (χ2v) is 5.05. The van der Waals surface area contributed by atoms with Crippen molar-refractivity contribution in [3.8, 4) is 0 Å². The molecule has 3 atom stereocenters. The standard InChI is InChI=1S/C15H22F2N2O/c1-4-9(3)14(18)15(20)19-13(5-2)11-7-6-10(16)8-12(11)17/h6-9,13-14H,4-5,18H2,1-3H3,(H,19,20). The maximum absolute atomic E-state index is 13.7. The lowest BCUT2D eigenvalue weighted by Crippen LogP contribution is -2.45. The fourth-order valence-corrected chi connectivity index (χ4v) is 1.96. The lowest BCUT2D eigenvalue weighted by molar-refractivity contribution is -0.124. The van der Waals surface area contributed by atoms with Gasteiger partial charge in [0.1, 0.15) is 11.6 Å². The molecule has 1 amide bonds. The third-order valence-electron chi connectivity index (χ3n) is 3.62. The number of carbonyl (C=O) groups is 1. The summed E-state index contributed by atoms with van der Waals surface area (Å²) in [5.74, 6) is -1.56. The number of hydrogen-bond donors (Lipinski definition) is 2. The highest BCUT2D eigenvalue weighted by Gasteiger charge is 2.23. The molecular formula is C15H22F2N2O. The Morgan fingerprint density at radius 3 is 2.45 bits per heavy atom. The average molecular weight is 284 g/mol. The van der Waals surface area contributed by atoms with Crippen LogP contribution in [0.5, 0.6) is 0 Å². The second-order valence-electron chi connectivity index (χ2n) is 5.05. The largest absolute Gasteiger partial charge is 0.348 e. The van der Waals surface area contributed by atoms with Crippen molar-refractivity contribution in [2.24, 2.45) is 11.7 Å². The fraction of sp³-hybridized carbons (Fsp3) is 0.533. The topological polar surface area (TPSA) is 55.1 Å². The van der Waals surface area contributed by atoms with Crippen molar-refractivity contribution in [3.05, 3.63) is 35.4 Å². The molecule has 1 aromatic carbocycles. The van der Waals surface area contributed by atoms with Crippen molar-refractivity contribution in [2.75, 3.05) is 0 Å². The van der Waals surface area contributed by atoms with Gasteiger partial charge in [-0.25, -0.2) is 8.78 Å². The van der Waals surface area contributed by atoms with Crippen LogP contribution in [-0.2, 0) is 4.79 Å². The van der Waals surface area contributed by atoms with Crippen LogP contribution >= 0.6 is 0 Å². The Balaban J connectivity index is 2.84. The number of hydrogen-bond acceptors (Lipinski definition) is 2. The lowest BCUT2D eigenvalue weighted by Gasteiger charge is -2.23. The molecule has 5 heteroatoms. The van der Waals surface area contributed by atoms with Gasteiger partial charge in [0.2, 0.25) is 5.91 Å². The van der Waals surface area contributed by atoms with Gasteiger partial charge in [-0.05, 0) is 18.4 Å². The van der Waals surface area contributed by atoms with Gasteiger partial charge < -0.3 is 11.1 Å². The minimum Gasteiger partial charge on any atom is -0.348 e. The van der Waals surface area contributed by atoms with Crippen molar-refractivity contribution in [1.82, 2.24) is 5.32 Å². The van der Waals surface area contributed by atoms with Gasteiger partial charge in [-0.1, -0.05) is 33.3 Å². The minimum atomic E-state index is -0.658. The van der Waals surface area contributed by atoms with Gasteiger partial charge >= 0.3 is 0 Å². The normalized spacial score (nSPS) is 15.5. The summed E-state index contributed by atoms with van der Waals surface area (Å²) in [4.78, 5) is 12.0. The number of benzene rings is 1. The third-order valence-corrected chi connectivity index (χ3v) is 3.62. The Hall–Kier alpha value is -1.49. The van der Waals surface area contributed by atoms with Gasteiger partial charge in [0, 0.05) is 11.6 Å². The molecule has 3 unspecified atom stereocenters. The Bertz CT molecular complexity index is 465. The number of rotatable bonds is 6. The molecule has 1 aromatic rings. The predicted molar refractivity (Wildman–Crippen MR) is 75.0 cm³/mol. The summed E-state index contributed by atoms with van der Waals surface area (Å²) in [6.07, 6.45) is 1.29. The van der Waals surface area contributed by atoms with E-state index in [4.69, 9.17) is 5.73 Å². The molecule has 0 saturated heterocycles. The molecule has 0 saturated carbocycles. The van der Waals surface area contributed by atoms with Gasteiger partial charge in [0.15, 0.2) is 0 Å². The maximum atomic E-state index is 13.7. The van der Waals surface area contributed by atoms with E-state index in [1.165, 1.54) is 12.1 Å². The number of nitrogens with two attached hydrogens (primary N) is 1. The van der Waals surface area contributed by atoms with E-state index in [9.17, 15) is 13.6 Å². The molecule has 0 heterocycles. The zero-order chi connectivity index (χ0) is 15.3. The highest BCUT2D eigenvalue weighted by atomic mass is 19.1. The molecule has 0 aliphatic rings. The van der Waals surface area contributed by atoms with E-state index in [1.807, 2.05) is 20.8 Å². The molecule has 112 valence electrons. The van der Waals surface area contributed by atoms with Crippen LogP contribution < -0.4 is 11.1 Å². The molecule has 3 N–H and O–H groups in total. The van der Waals surface area contributed by atoms with Crippen molar-refractivity contribution in [1.29, 1.82) is 0 Å². The number of halogens is 2. The van der Waals surface area contributed by atoms with Gasteiger partial charge in [-0.2, -0.15) is 0 Å². The molecule has 0 spiro atoms. The summed E-state index contributed by atoms with van der Waals surface area (Å²) in [6, 6.07) is 2.23. The first-order valence-electron chi connectivity index (χ1n) is 6.91. The lowest BCUT2D eigenvalue weighted by atomic mass is 9.97. The van der Waals surface area contributed by atoms with E-state index in [0.717, 1.165) is 12.5 Å². The monoisotopic (exact) mass is 284 g/mol. The molecule has 0 radical (unpaired) electrons. The first-order valence-corrected chi connectivity index (χ1v) is 6.91. The van der Waals surface area contributed by atoms with Gasteiger partial charge in [0.05, 0.1) is 12.1 Å². The summed E-state index contributed by atoms with van der Waals surface area (Å²) < 4.78 is 26.7. The van der Waals surface area contributed by atoms with E-state index in [1.54, 1.807) is 0 Å². The van der Waals surface area contributed by atoms with Crippen molar-refractivity contribution < 1.29 is 13.6 Å². The van der Waals surface area contributed by atoms with Gasteiger partial charge in [-0.15, -0.1) is 0 Å². The molecule has 0 fully saturated rings. The van der Waals surface area contributed by atoms with E-state index in [2.05, 4.69) is 5.32 Å². The third kappa shape index (κ3) is 4.00. The first-order chi connectivity index (χ1) is 9.40. The molecule has 0 aliphatic heterocycles. The quantitative estimate of drug-likeness (QED) is 0.844. The SMILES string of the molecule is CCC(NC(=O)C(N)C(C)CC)c1ccc(F)cc1F. The summed E-state index contributed by atoms with van der Waals surface area (Å²) in [5.41, 5.74) is 6.13. The molecule has 0 bridgehead atoms. The predicted octanol–water partition coefficient (Wildman–Crippen LogP) is 2.91. The first kappa shape index (κ1) is 16.6. The van der Waals surface area contributed by atoms with Crippen LogP contribution in [0.2, 0.25) is 0 Å². The van der Waals surface area contributed by atoms with Crippen LogP contribution in [0.4, 0.5) is 8.78 Å². The average Bonchev–Trinajstić information content (AvgIpc) is 2.43. The summed E-state index contributed by atoms with van der Waals surface area (Å²) >= 11 is 0. The van der Waals surface area contributed by atoms with E-state index in [0.29, 0.717) is 6.42 Å². The zero-order valence-electron chi connectivity index (χ0n) is 12.1. The minimum absolute atomic E-state index is 0.0468. The Kier molecular flexibility index (Phi) is 6.07. The number of carbonyl (C=O) groups excluding carboxylic acids is 1. The fourth-order valence-electron chi connectivity index (χ4n) is 1.96. The Morgan fingerprint density at radius 2 is 1.95 bits per heavy atom. The van der Waals surface area contributed by atoms with E-state index >= 15 is 0 Å². The molecule has 0 aliphatic carbocycles. The van der Waals surface area contributed by atoms with E-state index in [-0.39, 0.29) is 17.4 Å². The molecule has 1 rings (SSSR count). The highest BCUT2D eigenvalue weighted by molar-refractivity contribution is 5.82. The summed E-state index contributed by atoms with van der Waals surface area (Å²) in [5, 5.41) is 2.73. The maximum Gasteiger partial charge on any atom is 0.237 e. The van der Waals surface area contributed by atoms with Gasteiger partial charge in [0.25, 0.3) is 0 Å². The van der Waals surface area contributed by atoms with Crippen molar-refractivity contribution >= 4 is 5.91 Å². The van der Waals surface area contributed by atoms with Crippen LogP contribution in [0.1, 0.15) is 45.2 Å². The van der Waals surface area contributed by atoms with Crippen molar-refractivity contribution in [2.45, 2.75) is 45.7 Å². The number of amides is 1. The molecule has 3 nitrogen and oxygen atoms in total. The molecule has 20 heavy (non-hydrogen) atoms. The van der Waals surface area contributed by atoms with Crippen molar-refractivity contribution in [3.63, 3.8) is 0 Å². The highest BCUT2D eigenvalue weighted by Crippen LogP contribution is 2.21. The second kappa shape index (κ2) is 7.33. The van der Waals surface area contributed by atoms with Crippen LogP contribution in [0.15, 0.2) is 18.2 Å².